The van der Waals surface area contributed by atoms with Crippen molar-refractivity contribution >= 4 is 23.0 Å². The highest BCUT2D eigenvalue weighted by Crippen LogP contribution is 2.34. The molecule has 0 aliphatic rings. The molecule has 21 heavy (non-hydrogen) atoms. The van der Waals surface area contributed by atoms with Crippen molar-refractivity contribution in [2.75, 3.05) is 6.61 Å². The number of benzene rings is 1. The zero-order valence-electron chi connectivity index (χ0n) is 10.9. The van der Waals surface area contributed by atoms with E-state index in [4.69, 9.17) is 14.6 Å². The average Bonchev–Trinajstić information content (AvgIpc) is 2.88. The molecule has 2 rings (SSSR count). The molecule has 1 aromatic heterocycles. The molecule has 0 radical (unpaired) electrons. The second kappa shape index (κ2) is 6.23. The van der Waals surface area contributed by atoms with Crippen molar-refractivity contribution in [1.82, 2.24) is 0 Å². The number of nitrogens with zero attached hydrogens (tertiary/aromatic N) is 1. The Hall–Kier alpha value is -2.61. The van der Waals surface area contributed by atoms with Crippen LogP contribution in [0.1, 0.15) is 16.6 Å². The highest BCUT2D eigenvalue weighted by atomic mass is 32.1. The molecule has 0 fully saturated rings. The second-order valence-corrected chi connectivity index (χ2v) is 4.78. The molecule has 110 valence electrons. The van der Waals surface area contributed by atoms with E-state index in [1.165, 1.54) is 24.3 Å². The highest BCUT2D eigenvalue weighted by molar-refractivity contribution is 7.12. The van der Waals surface area contributed by atoms with E-state index in [0.717, 1.165) is 11.3 Å². The molecule has 0 saturated carbocycles. The number of ether oxygens (including phenoxy) is 2. The minimum Gasteiger partial charge on any atom is -0.487 e. The number of carbonyl (C=O) groups is 1. The van der Waals surface area contributed by atoms with Gasteiger partial charge < -0.3 is 14.6 Å². The number of hydrogen-bond acceptors (Lipinski definition) is 6. The molecule has 1 heterocycles. The van der Waals surface area contributed by atoms with Crippen molar-refractivity contribution in [2.24, 2.45) is 0 Å². The zero-order chi connectivity index (χ0) is 15.4. The third kappa shape index (κ3) is 3.48. The molecule has 0 aliphatic heterocycles. The molecule has 7 nitrogen and oxygen atoms in total. The van der Waals surface area contributed by atoms with E-state index in [-0.39, 0.29) is 22.9 Å². The first kappa shape index (κ1) is 14.8. The van der Waals surface area contributed by atoms with Crippen LogP contribution in [0.2, 0.25) is 0 Å². The topological polar surface area (TPSA) is 98.9 Å². The Morgan fingerprint density at radius 1 is 1.38 bits per heavy atom. The number of rotatable bonds is 6. The molecule has 1 N–H and O–H groups in total. The molecule has 8 heteroatoms. The van der Waals surface area contributed by atoms with Crippen molar-refractivity contribution in [3.05, 3.63) is 44.6 Å². The van der Waals surface area contributed by atoms with Crippen molar-refractivity contribution in [2.45, 2.75) is 6.92 Å². The van der Waals surface area contributed by atoms with Crippen LogP contribution in [0, 0.1) is 10.1 Å². The Kier molecular flexibility index (Phi) is 4.39. The quantitative estimate of drug-likeness (QED) is 0.647. The van der Waals surface area contributed by atoms with Gasteiger partial charge in [-0.05, 0) is 13.0 Å². The van der Waals surface area contributed by atoms with E-state index < -0.39 is 10.9 Å². The molecule has 2 aromatic rings. The number of carboxylic acid groups (broad SMARTS) is 1. The molecule has 0 amide bonds. The molecule has 0 aliphatic carbocycles. The van der Waals surface area contributed by atoms with E-state index >= 15 is 0 Å². The third-order valence-corrected chi connectivity index (χ3v) is 3.35. The van der Waals surface area contributed by atoms with Gasteiger partial charge in [-0.1, -0.05) is 0 Å². The van der Waals surface area contributed by atoms with Crippen molar-refractivity contribution in [3.8, 4) is 17.2 Å². The largest absolute Gasteiger partial charge is 0.487 e. The van der Waals surface area contributed by atoms with Crippen LogP contribution in [-0.4, -0.2) is 22.6 Å². The average molecular weight is 309 g/mol. The summed E-state index contributed by atoms with van der Waals surface area (Å²) in [4.78, 5) is 21.3. The van der Waals surface area contributed by atoms with Gasteiger partial charge >= 0.3 is 11.7 Å². The molecule has 0 unspecified atom stereocenters. The fourth-order valence-corrected chi connectivity index (χ4v) is 2.24. The molecule has 1 aromatic carbocycles. The Labute approximate surface area is 123 Å². The van der Waals surface area contributed by atoms with Gasteiger partial charge in [-0.2, -0.15) is 0 Å². The van der Waals surface area contributed by atoms with Gasteiger partial charge in [0.15, 0.2) is 0 Å². The number of aromatic carboxylic acids is 1. The van der Waals surface area contributed by atoms with Crippen LogP contribution in [0.15, 0.2) is 29.6 Å². The van der Waals surface area contributed by atoms with Gasteiger partial charge in [0, 0.05) is 23.6 Å². The summed E-state index contributed by atoms with van der Waals surface area (Å²) in [6.45, 7) is 2.00. The van der Waals surface area contributed by atoms with Crippen LogP contribution in [-0.2, 0) is 0 Å². The minimum atomic E-state index is -1.03. The van der Waals surface area contributed by atoms with Crippen LogP contribution < -0.4 is 9.47 Å². The Morgan fingerprint density at radius 3 is 2.71 bits per heavy atom. The number of nitro groups is 1. The van der Waals surface area contributed by atoms with Crippen LogP contribution in [0.5, 0.6) is 17.2 Å². The summed E-state index contributed by atoms with van der Waals surface area (Å²) >= 11 is 1.04. The van der Waals surface area contributed by atoms with Gasteiger partial charge in [0.25, 0.3) is 0 Å². The molecule has 0 bridgehead atoms. The van der Waals surface area contributed by atoms with Gasteiger partial charge in [0.2, 0.25) is 5.75 Å². The maximum absolute atomic E-state index is 10.9. The predicted molar refractivity (Wildman–Crippen MR) is 75.6 cm³/mol. The molecular weight excluding hydrogens is 298 g/mol. The maximum Gasteiger partial charge on any atom is 0.346 e. The highest BCUT2D eigenvalue weighted by Gasteiger charge is 2.16. The predicted octanol–water partition coefficient (Wildman–Crippen LogP) is 3.55. The Bertz CT molecular complexity index is 681. The van der Waals surface area contributed by atoms with Crippen LogP contribution in [0.25, 0.3) is 0 Å². The lowest BCUT2D eigenvalue weighted by Crippen LogP contribution is -1.97. The van der Waals surface area contributed by atoms with E-state index in [9.17, 15) is 14.9 Å². The van der Waals surface area contributed by atoms with Crippen molar-refractivity contribution < 1.29 is 24.3 Å². The standard InChI is InChI=1S/C13H11NO6S/c1-2-19-11-5-8(3-4-10(11)14(17)18)20-9-6-12(13(15)16)21-7-9/h3-7H,2H2,1H3,(H,15,16). The first-order valence-electron chi connectivity index (χ1n) is 5.92. The monoisotopic (exact) mass is 309 g/mol. The fourth-order valence-electron chi connectivity index (χ4n) is 1.60. The smallest absolute Gasteiger partial charge is 0.346 e. The van der Waals surface area contributed by atoms with E-state index in [0.29, 0.717) is 11.5 Å². The summed E-state index contributed by atoms with van der Waals surface area (Å²) < 4.78 is 10.7. The molecule has 0 atom stereocenters. The first-order valence-corrected chi connectivity index (χ1v) is 6.80. The van der Waals surface area contributed by atoms with Crippen LogP contribution in [0.3, 0.4) is 0 Å². The zero-order valence-corrected chi connectivity index (χ0v) is 11.8. The molecule has 0 spiro atoms. The lowest BCUT2D eigenvalue weighted by molar-refractivity contribution is -0.385. The minimum absolute atomic E-state index is 0.105. The van der Waals surface area contributed by atoms with Gasteiger partial charge in [-0.25, -0.2) is 4.79 Å². The normalized spacial score (nSPS) is 10.1. The Morgan fingerprint density at radius 2 is 2.14 bits per heavy atom. The number of nitro benzene ring substituents is 1. The summed E-state index contributed by atoms with van der Waals surface area (Å²) in [5.74, 6) is -0.241. The number of thiophene rings is 1. The van der Waals surface area contributed by atoms with Crippen LogP contribution >= 0.6 is 11.3 Å². The van der Waals surface area contributed by atoms with Crippen molar-refractivity contribution in [1.29, 1.82) is 0 Å². The summed E-state index contributed by atoms with van der Waals surface area (Å²) in [7, 11) is 0. The molecular formula is C13H11NO6S. The SMILES string of the molecule is CCOc1cc(Oc2csc(C(=O)O)c2)ccc1[N+](=O)[O-]. The lowest BCUT2D eigenvalue weighted by atomic mass is 10.3. The van der Waals surface area contributed by atoms with E-state index in [1.54, 1.807) is 12.3 Å². The van der Waals surface area contributed by atoms with E-state index in [1.807, 2.05) is 0 Å². The maximum atomic E-state index is 10.9. The van der Waals surface area contributed by atoms with Crippen molar-refractivity contribution in [3.63, 3.8) is 0 Å². The fraction of sp³-hybridized carbons (Fsp3) is 0.154. The Balaban J connectivity index is 2.25. The summed E-state index contributed by atoms with van der Waals surface area (Å²) in [5, 5.41) is 21.2. The first-order chi connectivity index (χ1) is 10.0. The van der Waals surface area contributed by atoms with Crippen LogP contribution in [0.4, 0.5) is 5.69 Å². The summed E-state index contributed by atoms with van der Waals surface area (Å²) in [5.41, 5.74) is -0.152. The van der Waals surface area contributed by atoms with Gasteiger partial charge in [0.1, 0.15) is 16.4 Å². The van der Waals surface area contributed by atoms with Gasteiger partial charge in [0.05, 0.1) is 11.5 Å². The van der Waals surface area contributed by atoms with Gasteiger partial charge in [-0.3, -0.25) is 10.1 Å². The lowest BCUT2D eigenvalue weighted by Gasteiger charge is -2.07. The number of hydrogen-bond donors (Lipinski definition) is 1. The summed E-state index contributed by atoms with van der Waals surface area (Å²) in [6, 6.07) is 5.50. The summed E-state index contributed by atoms with van der Waals surface area (Å²) in [6.07, 6.45) is 0. The third-order valence-electron chi connectivity index (χ3n) is 2.45. The molecule has 0 saturated heterocycles. The van der Waals surface area contributed by atoms with Gasteiger partial charge in [-0.15, -0.1) is 11.3 Å². The van der Waals surface area contributed by atoms with E-state index in [2.05, 4.69) is 0 Å². The second-order valence-electron chi connectivity index (χ2n) is 3.87. The number of carboxylic acids is 1.